The summed E-state index contributed by atoms with van der Waals surface area (Å²) >= 11 is 0. The van der Waals surface area contributed by atoms with Crippen LogP contribution < -0.4 is 20.9 Å². The summed E-state index contributed by atoms with van der Waals surface area (Å²) in [5.74, 6) is -1.36. The predicted molar refractivity (Wildman–Crippen MR) is 109 cm³/mol. The van der Waals surface area contributed by atoms with Crippen molar-refractivity contribution in [2.24, 2.45) is 0 Å². The molecule has 0 saturated carbocycles. The molecule has 0 unspecified atom stereocenters. The number of rotatable bonds is 8. The molecule has 158 valence electrons. The Bertz CT molecular complexity index is 911. The Morgan fingerprint density at radius 2 is 1.53 bits per heavy atom. The maximum Gasteiger partial charge on any atom is 0.337 e. The van der Waals surface area contributed by atoms with Crippen LogP contribution in [0.3, 0.4) is 0 Å². The van der Waals surface area contributed by atoms with Gasteiger partial charge in [-0.05, 0) is 49.4 Å². The van der Waals surface area contributed by atoms with Crippen LogP contribution in [0.4, 0.5) is 5.69 Å². The topological polar surface area (TPSA) is 123 Å². The van der Waals surface area contributed by atoms with E-state index in [0.717, 1.165) is 0 Å². The van der Waals surface area contributed by atoms with Crippen molar-refractivity contribution in [1.82, 2.24) is 10.9 Å². The van der Waals surface area contributed by atoms with Gasteiger partial charge in [0.15, 0.2) is 0 Å². The molecule has 0 aliphatic carbocycles. The van der Waals surface area contributed by atoms with Crippen molar-refractivity contribution >= 4 is 29.4 Å². The molecule has 0 spiro atoms. The van der Waals surface area contributed by atoms with E-state index in [0.29, 0.717) is 18.0 Å². The second kappa shape index (κ2) is 11.2. The van der Waals surface area contributed by atoms with Gasteiger partial charge in [0.2, 0.25) is 11.8 Å². The lowest BCUT2D eigenvalue weighted by Gasteiger charge is -2.09. The number of anilines is 1. The Morgan fingerprint density at radius 3 is 2.20 bits per heavy atom. The van der Waals surface area contributed by atoms with E-state index in [1.807, 2.05) is 6.92 Å². The molecule has 0 bridgehead atoms. The van der Waals surface area contributed by atoms with Gasteiger partial charge in [-0.3, -0.25) is 25.2 Å². The summed E-state index contributed by atoms with van der Waals surface area (Å²) < 4.78 is 9.92. The highest BCUT2D eigenvalue weighted by atomic mass is 16.5. The van der Waals surface area contributed by atoms with Gasteiger partial charge in [-0.15, -0.1) is 0 Å². The van der Waals surface area contributed by atoms with E-state index in [9.17, 15) is 19.2 Å². The average Bonchev–Trinajstić information content (AvgIpc) is 2.77. The van der Waals surface area contributed by atoms with Gasteiger partial charge in [-0.2, -0.15) is 0 Å². The average molecular weight is 413 g/mol. The highest BCUT2D eigenvalue weighted by Gasteiger charge is 2.12. The van der Waals surface area contributed by atoms with Crippen molar-refractivity contribution < 1.29 is 28.7 Å². The zero-order valence-corrected chi connectivity index (χ0v) is 16.7. The molecule has 0 fully saturated rings. The maximum atomic E-state index is 12.1. The molecule has 0 aliphatic heterocycles. The molecule has 0 radical (unpaired) electrons. The third-order valence-corrected chi connectivity index (χ3v) is 3.89. The Morgan fingerprint density at radius 1 is 0.867 bits per heavy atom. The van der Waals surface area contributed by atoms with Crippen LogP contribution in [0.2, 0.25) is 0 Å². The Labute approximate surface area is 173 Å². The summed E-state index contributed by atoms with van der Waals surface area (Å²) in [6.07, 6.45) is -0.182. The number of hydrazine groups is 1. The Kier molecular flexibility index (Phi) is 8.37. The minimum absolute atomic E-state index is 0.0628. The van der Waals surface area contributed by atoms with Crippen LogP contribution in [0.15, 0.2) is 48.5 Å². The van der Waals surface area contributed by atoms with Crippen LogP contribution in [0.25, 0.3) is 0 Å². The number of hydrogen-bond acceptors (Lipinski definition) is 6. The van der Waals surface area contributed by atoms with Crippen molar-refractivity contribution in [2.45, 2.75) is 19.8 Å². The number of amides is 3. The van der Waals surface area contributed by atoms with Gasteiger partial charge in [0.1, 0.15) is 5.75 Å². The van der Waals surface area contributed by atoms with Gasteiger partial charge in [-0.1, -0.05) is 6.07 Å². The molecule has 2 rings (SSSR count). The third kappa shape index (κ3) is 6.93. The first kappa shape index (κ1) is 22.4. The maximum absolute atomic E-state index is 12.1. The summed E-state index contributed by atoms with van der Waals surface area (Å²) in [6, 6.07) is 12.7. The number of ether oxygens (including phenoxy) is 2. The van der Waals surface area contributed by atoms with Gasteiger partial charge in [0.25, 0.3) is 5.91 Å². The zero-order chi connectivity index (χ0) is 21.9. The number of benzene rings is 2. The van der Waals surface area contributed by atoms with Gasteiger partial charge in [-0.25, -0.2) is 4.79 Å². The number of hydrogen-bond donors (Lipinski definition) is 3. The summed E-state index contributed by atoms with van der Waals surface area (Å²) in [7, 11) is 1.24. The van der Waals surface area contributed by atoms with E-state index in [1.165, 1.54) is 31.4 Å². The van der Waals surface area contributed by atoms with Crippen molar-refractivity contribution in [2.75, 3.05) is 19.0 Å². The molecule has 2 aromatic carbocycles. The molecule has 0 aromatic heterocycles. The Hall–Kier alpha value is -3.88. The lowest BCUT2D eigenvalue weighted by Crippen LogP contribution is -2.41. The summed E-state index contributed by atoms with van der Waals surface area (Å²) in [4.78, 5) is 47.5. The molecular formula is C21H23N3O6. The number of nitrogens with one attached hydrogen (secondary N) is 3. The van der Waals surface area contributed by atoms with Crippen molar-refractivity contribution in [3.8, 4) is 5.75 Å². The predicted octanol–water partition coefficient (Wildman–Crippen LogP) is 2.05. The first-order valence-corrected chi connectivity index (χ1v) is 9.23. The first-order valence-electron chi connectivity index (χ1n) is 9.23. The van der Waals surface area contributed by atoms with E-state index in [-0.39, 0.29) is 29.9 Å². The van der Waals surface area contributed by atoms with Gasteiger partial charge in [0.05, 0.1) is 19.3 Å². The minimum Gasteiger partial charge on any atom is -0.494 e. The normalized spacial score (nSPS) is 9.93. The molecule has 30 heavy (non-hydrogen) atoms. The third-order valence-electron chi connectivity index (χ3n) is 3.89. The number of carbonyl (C=O) groups is 4. The summed E-state index contributed by atoms with van der Waals surface area (Å²) in [6.45, 7) is 2.43. The second-order valence-electron chi connectivity index (χ2n) is 6.08. The second-order valence-corrected chi connectivity index (χ2v) is 6.08. The molecule has 0 aliphatic rings. The monoisotopic (exact) mass is 413 g/mol. The van der Waals surface area contributed by atoms with Crippen LogP contribution in [-0.2, 0) is 14.3 Å². The van der Waals surface area contributed by atoms with Crippen LogP contribution in [0, 0.1) is 0 Å². The lowest BCUT2D eigenvalue weighted by atomic mass is 10.1. The van der Waals surface area contributed by atoms with Crippen molar-refractivity contribution in [1.29, 1.82) is 0 Å². The quantitative estimate of drug-likeness (QED) is 0.450. The van der Waals surface area contributed by atoms with E-state index >= 15 is 0 Å². The molecule has 3 amide bonds. The number of esters is 1. The molecule has 9 nitrogen and oxygen atoms in total. The standard InChI is InChI=1S/C21H23N3O6/c1-3-30-17-9-7-16(8-10-17)22-18(25)11-12-19(26)23-24-20(27)14-5-4-6-15(13-14)21(28)29-2/h4-10,13H,3,11-12H2,1-2H3,(H,22,25)(H,23,26)(H,24,27). The van der Waals surface area contributed by atoms with E-state index in [1.54, 1.807) is 24.3 Å². The number of carbonyl (C=O) groups excluding carboxylic acids is 4. The fourth-order valence-corrected chi connectivity index (χ4v) is 2.42. The van der Waals surface area contributed by atoms with Crippen LogP contribution >= 0.6 is 0 Å². The fraction of sp³-hybridized carbons (Fsp3) is 0.238. The SMILES string of the molecule is CCOc1ccc(NC(=O)CCC(=O)NNC(=O)c2cccc(C(=O)OC)c2)cc1. The highest BCUT2D eigenvalue weighted by molar-refractivity contribution is 5.99. The largest absolute Gasteiger partial charge is 0.494 e. The lowest BCUT2D eigenvalue weighted by molar-refractivity contribution is -0.124. The van der Waals surface area contributed by atoms with Gasteiger partial charge in [0, 0.05) is 24.1 Å². The molecule has 9 heteroatoms. The molecular weight excluding hydrogens is 390 g/mol. The van der Waals surface area contributed by atoms with Gasteiger partial charge >= 0.3 is 5.97 Å². The van der Waals surface area contributed by atoms with Gasteiger partial charge < -0.3 is 14.8 Å². The molecule has 3 N–H and O–H groups in total. The number of methoxy groups -OCH3 is 1. The van der Waals surface area contributed by atoms with E-state index in [4.69, 9.17) is 4.74 Å². The van der Waals surface area contributed by atoms with Crippen molar-refractivity contribution in [3.63, 3.8) is 0 Å². The summed E-state index contributed by atoms with van der Waals surface area (Å²) in [5, 5.41) is 2.67. The smallest absolute Gasteiger partial charge is 0.337 e. The van der Waals surface area contributed by atoms with Crippen LogP contribution in [-0.4, -0.2) is 37.4 Å². The molecule has 2 aromatic rings. The van der Waals surface area contributed by atoms with E-state index < -0.39 is 17.8 Å². The summed E-state index contributed by atoms with van der Waals surface area (Å²) in [5.41, 5.74) is 5.44. The molecule has 0 heterocycles. The highest BCUT2D eigenvalue weighted by Crippen LogP contribution is 2.15. The minimum atomic E-state index is -0.604. The molecule has 0 atom stereocenters. The van der Waals surface area contributed by atoms with Crippen molar-refractivity contribution in [3.05, 3.63) is 59.7 Å². The van der Waals surface area contributed by atoms with Crippen LogP contribution in [0.1, 0.15) is 40.5 Å². The van der Waals surface area contributed by atoms with Crippen LogP contribution in [0.5, 0.6) is 5.75 Å². The van der Waals surface area contributed by atoms with E-state index in [2.05, 4.69) is 20.9 Å². The zero-order valence-electron chi connectivity index (χ0n) is 16.7. The Balaban J connectivity index is 1.75. The first-order chi connectivity index (χ1) is 14.4. The fourth-order valence-electron chi connectivity index (χ4n) is 2.42. The molecule has 0 saturated heterocycles.